The minimum Gasteiger partial charge on any atom is -0.493 e. The molecule has 0 aliphatic carbocycles. The van der Waals surface area contributed by atoms with Crippen LogP contribution in [0.3, 0.4) is 0 Å². The molecule has 0 radical (unpaired) electrons. The highest BCUT2D eigenvalue weighted by atomic mass is 16.5. The Hall–Kier alpha value is -1.10. The highest BCUT2D eigenvalue weighted by Gasteiger charge is 2.22. The van der Waals surface area contributed by atoms with Gasteiger partial charge in [-0.2, -0.15) is 0 Å². The summed E-state index contributed by atoms with van der Waals surface area (Å²) < 4.78 is 5.83. The molecular formula is C17H28N2O2. The van der Waals surface area contributed by atoms with Crippen LogP contribution >= 0.6 is 0 Å². The minimum absolute atomic E-state index is 0.164. The van der Waals surface area contributed by atoms with Crippen LogP contribution in [0.2, 0.25) is 0 Å². The Kier molecular flexibility index (Phi) is 6.49. The lowest BCUT2D eigenvalue weighted by Gasteiger charge is -2.33. The first-order chi connectivity index (χ1) is 10.2. The normalized spacial score (nSPS) is 18.6. The average Bonchev–Trinajstić information content (AvgIpc) is 2.52. The van der Waals surface area contributed by atoms with Gasteiger partial charge >= 0.3 is 0 Å². The van der Waals surface area contributed by atoms with Crippen LogP contribution in [0.1, 0.15) is 31.7 Å². The van der Waals surface area contributed by atoms with Crippen molar-refractivity contribution in [1.82, 2.24) is 4.90 Å². The zero-order valence-corrected chi connectivity index (χ0v) is 13.0. The van der Waals surface area contributed by atoms with Gasteiger partial charge in [-0.05, 0) is 51.3 Å². The van der Waals surface area contributed by atoms with Gasteiger partial charge in [-0.3, -0.25) is 0 Å². The molecule has 4 nitrogen and oxygen atoms in total. The van der Waals surface area contributed by atoms with E-state index in [-0.39, 0.29) is 6.10 Å². The summed E-state index contributed by atoms with van der Waals surface area (Å²) in [6.45, 7) is 6.40. The van der Waals surface area contributed by atoms with E-state index in [1.807, 2.05) is 31.2 Å². The number of aliphatic hydroxyl groups excluding tert-OH is 1. The van der Waals surface area contributed by atoms with Crippen LogP contribution in [0.25, 0.3) is 0 Å². The molecule has 1 aromatic rings. The monoisotopic (exact) mass is 292 g/mol. The van der Waals surface area contributed by atoms with Gasteiger partial charge in [-0.25, -0.2) is 0 Å². The van der Waals surface area contributed by atoms with Crippen LogP contribution in [-0.2, 0) is 6.54 Å². The molecule has 2 rings (SSSR count). The SMILES string of the molecule is CC(O)C1CCN(CCCOc2ccccc2CN)CC1. The number of rotatable bonds is 7. The molecule has 1 atom stereocenters. The lowest BCUT2D eigenvalue weighted by Crippen LogP contribution is -2.37. The van der Waals surface area contributed by atoms with Gasteiger partial charge in [0.2, 0.25) is 0 Å². The van der Waals surface area contributed by atoms with Crippen LogP contribution in [0, 0.1) is 5.92 Å². The molecule has 0 amide bonds. The first-order valence-corrected chi connectivity index (χ1v) is 8.02. The number of nitrogens with zero attached hydrogens (tertiary/aromatic N) is 1. The summed E-state index contributed by atoms with van der Waals surface area (Å²) >= 11 is 0. The number of hydrogen-bond donors (Lipinski definition) is 2. The van der Waals surface area contributed by atoms with E-state index in [4.69, 9.17) is 10.5 Å². The maximum Gasteiger partial charge on any atom is 0.123 e. The topological polar surface area (TPSA) is 58.7 Å². The molecule has 1 aliphatic heterocycles. The molecule has 1 aliphatic rings. The Morgan fingerprint density at radius 2 is 2.05 bits per heavy atom. The largest absolute Gasteiger partial charge is 0.493 e. The number of hydrogen-bond acceptors (Lipinski definition) is 4. The van der Waals surface area contributed by atoms with Crippen molar-refractivity contribution in [2.75, 3.05) is 26.2 Å². The lowest BCUT2D eigenvalue weighted by atomic mass is 9.92. The van der Waals surface area contributed by atoms with Crippen LogP contribution < -0.4 is 10.5 Å². The Balaban J connectivity index is 1.64. The van der Waals surface area contributed by atoms with Crippen LogP contribution in [-0.4, -0.2) is 42.4 Å². The van der Waals surface area contributed by atoms with E-state index < -0.39 is 0 Å². The molecule has 118 valence electrons. The van der Waals surface area contributed by atoms with E-state index in [1.165, 1.54) is 0 Å². The Morgan fingerprint density at radius 1 is 1.33 bits per heavy atom. The molecule has 1 heterocycles. The zero-order valence-electron chi connectivity index (χ0n) is 13.0. The molecule has 0 spiro atoms. The third-order valence-corrected chi connectivity index (χ3v) is 4.38. The summed E-state index contributed by atoms with van der Waals surface area (Å²) in [5.41, 5.74) is 6.77. The van der Waals surface area contributed by atoms with Crippen LogP contribution in [0.15, 0.2) is 24.3 Å². The van der Waals surface area contributed by atoms with Gasteiger partial charge in [0.1, 0.15) is 5.75 Å². The molecule has 1 aromatic carbocycles. The summed E-state index contributed by atoms with van der Waals surface area (Å²) in [4.78, 5) is 2.47. The number of para-hydroxylation sites is 1. The smallest absolute Gasteiger partial charge is 0.123 e. The summed E-state index contributed by atoms with van der Waals surface area (Å²) in [6.07, 6.45) is 3.07. The van der Waals surface area contributed by atoms with E-state index in [0.29, 0.717) is 12.5 Å². The average molecular weight is 292 g/mol. The summed E-state index contributed by atoms with van der Waals surface area (Å²) in [6, 6.07) is 7.96. The van der Waals surface area contributed by atoms with E-state index >= 15 is 0 Å². The highest BCUT2D eigenvalue weighted by Crippen LogP contribution is 2.21. The third-order valence-electron chi connectivity index (χ3n) is 4.38. The highest BCUT2D eigenvalue weighted by molar-refractivity contribution is 5.32. The summed E-state index contributed by atoms with van der Waals surface area (Å²) in [7, 11) is 0. The third kappa shape index (κ3) is 4.99. The van der Waals surface area contributed by atoms with E-state index in [9.17, 15) is 5.11 Å². The van der Waals surface area contributed by atoms with Crippen molar-refractivity contribution >= 4 is 0 Å². The molecular weight excluding hydrogens is 264 g/mol. The Morgan fingerprint density at radius 3 is 2.71 bits per heavy atom. The van der Waals surface area contributed by atoms with Crippen molar-refractivity contribution in [2.24, 2.45) is 11.7 Å². The van der Waals surface area contributed by atoms with Crippen molar-refractivity contribution in [1.29, 1.82) is 0 Å². The lowest BCUT2D eigenvalue weighted by molar-refractivity contribution is 0.0701. The predicted molar refractivity (Wildman–Crippen MR) is 85.3 cm³/mol. The molecule has 1 fully saturated rings. The van der Waals surface area contributed by atoms with E-state index in [0.717, 1.165) is 56.8 Å². The number of benzene rings is 1. The maximum atomic E-state index is 9.60. The summed E-state index contributed by atoms with van der Waals surface area (Å²) in [5.74, 6) is 1.39. The van der Waals surface area contributed by atoms with Gasteiger partial charge in [-0.15, -0.1) is 0 Å². The van der Waals surface area contributed by atoms with Gasteiger partial charge in [0.15, 0.2) is 0 Å². The number of piperidine rings is 1. The molecule has 0 saturated carbocycles. The van der Waals surface area contributed by atoms with E-state index in [1.54, 1.807) is 0 Å². The number of ether oxygens (including phenoxy) is 1. The molecule has 1 unspecified atom stereocenters. The van der Waals surface area contributed by atoms with Crippen molar-refractivity contribution in [3.05, 3.63) is 29.8 Å². The van der Waals surface area contributed by atoms with Crippen LogP contribution in [0.5, 0.6) is 5.75 Å². The molecule has 3 N–H and O–H groups in total. The first kappa shape index (κ1) is 16.3. The second-order valence-corrected chi connectivity index (χ2v) is 5.93. The standard InChI is InChI=1S/C17H28N2O2/c1-14(20)15-7-10-19(11-8-15)9-4-12-21-17-6-3-2-5-16(17)13-18/h2-3,5-6,14-15,20H,4,7-13,18H2,1H3. The van der Waals surface area contributed by atoms with Gasteiger partial charge in [0.05, 0.1) is 12.7 Å². The second kappa shape index (κ2) is 8.37. The quantitative estimate of drug-likeness (QED) is 0.755. The molecule has 1 saturated heterocycles. The number of likely N-dealkylation sites (tertiary alicyclic amines) is 1. The van der Waals surface area contributed by atoms with Gasteiger partial charge in [-0.1, -0.05) is 18.2 Å². The van der Waals surface area contributed by atoms with Gasteiger partial charge in [0, 0.05) is 18.7 Å². The fourth-order valence-corrected chi connectivity index (χ4v) is 2.94. The Labute approximate surface area is 127 Å². The number of aliphatic hydroxyl groups is 1. The van der Waals surface area contributed by atoms with E-state index in [2.05, 4.69) is 4.90 Å². The maximum absolute atomic E-state index is 9.60. The van der Waals surface area contributed by atoms with Crippen molar-refractivity contribution < 1.29 is 9.84 Å². The predicted octanol–water partition coefficient (Wildman–Crippen LogP) is 2.01. The number of nitrogens with two attached hydrogens (primary N) is 1. The fourth-order valence-electron chi connectivity index (χ4n) is 2.94. The van der Waals surface area contributed by atoms with Crippen LogP contribution in [0.4, 0.5) is 0 Å². The zero-order chi connectivity index (χ0) is 15.1. The van der Waals surface area contributed by atoms with Crippen molar-refractivity contribution in [2.45, 2.75) is 38.8 Å². The minimum atomic E-state index is -0.164. The fraction of sp³-hybridized carbons (Fsp3) is 0.647. The second-order valence-electron chi connectivity index (χ2n) is 5.93. The molecule has 21 heavy (non-hydrogen) atoms. The first-order valence-electron chi connectivity index (χ1n) is 8.02. The molecule has 4 heteroatoms. The van der Waals surface area contributed by atoms with Gasteiger partial charge in [0.25, 0.3) is 0 Å². The van der Waals surface area contributed by atoms with Gasteiger partial charge < -0.3 is 20.5 Å². The summed E-state index contributed by atoms with van der Waals surface area (Å²) in [5, 5.41) is 9.60. The van der Waals surface area contributed by atoms with Crippen molar-refractivity contribution in [3.8, 4) is 5.75 Å². The Bertz CT molecular complexity index is 415. The molecule has 0 aromatic heterocycles. The van der Waals surface area contributed by atoms with Crippen molar-refractivity contribution in [3.63, 3.8) is 0 Å². The molecule has 0 bridgehead atoms.